The van der Waals surface area contributed by atoms with Crippen LogP contribution in [0.4, 0.5) is 22.7 Å². The number of benzene rings is 4. The molecule has 0 saturated heterocycles. The molecule has 0 N–H and O–H groups in total. The summed E-state index contributed by atoms with van der Waals surface area (Å²) in [6, 6.07) is 38.6. The molecule has 286 valence electrons. The smallest absolute Gasteiger partial charge is 0.104 e. The summed E-state index contributed by atoms with van der Waals surface area (Å²) in [6.07, 6.45) is 5.95. The fourth-order valence-corrected chi connectivity index (χ4v) is 10.5. The maximum Gasteiger partial charge on any atom is 0.104 e. The van der Waals surface area contributed by atoms with E-state index in [0.29, 0.717) is 0 Å². The largest absolute Gasteiger partial charge is 0.339 e. The quantitative estimate of drug-likeness (QED) is 0.108. The van der Waals surface area contributed by atoms with Crippen LogP contribution >= 0.6 is 46.7 Å². The van der Waals surface area contributed by atoms with Gasteiger partial charge in [-0.25, -0.2) is 0 Å². The van der Waals surface area contributed by atoms with Crippen molar-refractivity contribution in [2.24, 2.45) is 0 Å². The van der Waals surface area contributed by atoms with Crippen LogP contribution in [-0.2, 0) is 13.1 Å². The molecule has 0 unspecified atom stereocenters. The Morgan fingerprint density at radius 2 is 0.911 bits per heavy atom. The fourth-order valence-electron chi connectivity index (χ4n) is 7.97. The van der Waals surface area contributed by atoms with Crippen molar-refractivity contribution in [1.82, 2.24) is 9.97 Å². The van der Waals surface area contributed by atoms with E-state index >= 15 is 0 Å². The zero-order valence-corrected chi connectivity index (χ0v) is 35.6. The Labute approximate surface area is 350 Å². The van der Waals surface area contributed by atoms with Crippen LogP contribution in [0.2, 0.25) is 10.0 Å². The highest BCUT2D eigenvalue weighted by atomic mass is 35.5. The Kier molecular flexibility index (Phi) is 11.4. The lowest BCUT2D eigenvalue weighted by Crippen LogP contribution is -2.41. The van der Waals surface area contributed by atoms with Crippen molar-refractivity contribution in [3.63, 3.8) is 0 Å². The molecule has 0 aliphatic carbocycles. The molecule has 0 saturated carbocycles. The lowest BCUT2D eigenvalue weighted by molar-refractivity contribution is -0.903. The van der Waals surface area contributed by atoms with Gasteiger partial charge < -0.3 is 18.8 Å². The van der Waals surface area contributed by atoms with Crippen LogP contribution in [0, 0.1) is 0 Å². The fraction of sp³-hybridized carbons (Fsp3) is 0.261. The lowest BCUT2D eigenvalue weighted by Gasteiger charge is -2.35. The van der Waals surface area contributed by atoms with Gasteiger partial charge in [0.15, 0.2) is 0 Å². The first-order valence-corrected chi connectivity index (χ1v) is 21.6. The van der Waals surface area contributed by atoms with E-state index in [0.717, 1.165) is 82.5 Å². The number of rotatable bonds is 13. The molecule has 0 amide bonds. The summed E-state index contributed by atoms with van der Waals surface area (Å²) >= 11 is 16.6. The molecule has 4 heterocycles. The van der Waals surface area contributed by atoms with Gasteiger partial charge >= 0.3 is 0 Å². The van der Waals surface area contributed by atoms with Crippen LogP contribution in [0.5, 0.6) is 0 Å². The Balaban J connectivity index is 0.889. The molecule has 2 aliphatic rings. The normalized spacial score (nSPS) is 13.5. The first-order valence-electron chi connectivity index (χ1n) is 19.2. The van der Waals surface area contributed by atoms with Crippen LogP contribution in [0.25, 0.3) is 11.4 Å². The van der Waals surface area contributed by atoms with Crippen LogP contribution in [0.15, 0.2) is 141 Å². The van der Waals surface area contributed by atoms with Gasteiger partial charge in [-0.3, -0.25) is 9.97 Å². The average molecular weight is 820 g/mol. The monoisotopic (exact) mass is 818 g/mol. The minimum Gasteiger partial charge on any atom is -0.339 e. The van der Waals surface area contributed by atoms with Crippen molar-refractivity contribution in [1.29, 1.82) is 0 Å². The molecule has 56 heavy (non-hydrogen) atoms. The minimum absolute atomic E-state index is 0.772. The summed E-state index contributed by atoms with van der Waals surface area (Å²) < 4.78 is 1.74. The molecule has 10 heteroatoms. The Bertz CT molecular complexity index is 2200. The van der Waals surface area contributed by atoms with E-state index in [9.17, 15) is 0 Å². The summed E-state index contributed by atoms with van der Waals surface area (Å²) in [6.45, 7) is 5.73. The van der Waals surface area contributed by atoms with Gasteiger partial charge in [-0.2, -0.15) is 0 Å². The molecule has 6 nitrogen and oxygen atoms in total. The van der Waals surface area contributed by atoms with Gasteiger partial charge in [-0.15, -0.1) is 0 Å². The van der Waals surface area contributed by atoms with Crippen LogP contribution in [0.1, 0.15) is 24.0 Å². The van der Waals surface area contributed by atoms with E-state index < -0.39 is 0 Å². The van der Waals surface area contributed by atoms with E-state index in [-0.39, 0.29) is 0 Å². The van der Waals surface area contributed by atoms with Crippen molar-refractivity contribution in [3.8, 4) is 11.4 Å². The van der Waals surface area contributed by atoms with Crippen LogP contribution in [-0.4, -0.2) is 73.3 Å². The summed E-state index contributed by atoms with van der Waals surface area (Å²) in [7, 11) is 9.28. The second-order valence-electron chi connectivity index (χ2n) is 16.1. The topological polar surface area (TPSA) is 32.3 Å². The number of para-hydroxylation sites is 2. The minimum atomic E-state index is 0.772. The number of hydrogen-bond acceptors (Lipinski definition) is 6. The Morgan fingerprint density at radius 1 is 0.500 bits per heavy atom. The maximum atomic E-state index is 6.48. The number of fused-ring (bicyclic) bond motifs is 4. The SMILES string of the molecule is C[N+](C)(CCCN1c2ccccc2Sc2ccc(Cl)cc21)Cc1ccnc(-c2cc(C[N+](C)(C)CCCN3c4ccccc4Sc4ccc(Cl)cc43)ccn2)c1. The van der Waals surface area contributed by atoms with Gasteiger partial charge in [0.2, 0.25) is 0 Å². The number of hydrogen-bond donors (Lipinski definition) is 0. The van der Waals surface area contributed by atoms with E-state index in [1.54, 1.807) is 0 Å². The third kappa shape index (κ3) is 8.91. The number of aromatic nitrogens is 2. The van der Waals surface area contributed by atoms with Crippen molar-refractivity contribution < 1.29 is 8.97 Å². The predicted molar refractivity (Wildman–Crippen MR) is 236 cm³/mol. The molecule has 6 aromatic rings. The van der Waals surface area contributed by atoms with Crippen molar-refractivity contribution in [2.45, 2.75) is 45.5 Å². The summed E-state index contributed by atoms with van der Waals surface area (Å²) in [4.78, 5) is 19.5. The maximum absolute atomic E-state index is 6.48. The third-order valence-electron chi connectivity index (χ3n) is 10.6. The second-order valence-corrected chi connectivity index (χ2v) is 19.1. The average Bonchev–Trinajstić information content (AvgIpc) is 3.17. The summed E-state index contributed by atoms with van der Waals surface area (Å²) in [5.74, 6) is 0. The molecule has 4 aromatic carbocycles. The highest BCUT2D eigenvalue weighted by Gasteiger charge is 2.27. The standard InChI is InChI=1S/C46H48Cl2N6S2/c1-53(2,25-9-23-51-39-11-5-7-13-43(39)55-45-17-15-35(47)29-41(45)51)31-33-19-21-49-37(27-33)38-28-34(20-22-50-38)32-54(3,4)26-10-24-52-40-12-6-8-14-44(40)56-46-18-16-36(48)30-42(46)52/h5-8,11-22,27-30H,9-10,23-26,31-32H2,1-4H3/q+2. The third-order valence-corrected chi connectivity index (χ3v) is 13.3. The number of nitrogens with zero attached hydrogens (tertiary/aromatic N) is 6. The number of quaternary nitrogens is 2. The Morgan fingerprint density at radius 3 is 1.36 bits per heavy atom. The summed E-state index contributed by atoms with van der Waals surface area (Å²) in [5, 5.41) is 1.54. The number of halogens is 2. The van der Waals surface area contributed by atoms with E-state index in [1.165, 1.54) is 53.5 Å². The lowest BCUT2D eigenvalue weighted by atomic mass is 10.1. The zero-order valence-electron chi connectivity index (χ0n) is 32.5. The van der Waals surface area contributed by atoms with Gasteiger partial charge in [0.25, 0.3) is 0 Å². The number of pyridine rings is 2. The first-order chi connectivity index (χ1) is 27.0. The molecule has 0 fully saturated rings. The summed E-state index contributed by atoms with van der Waals surface area (Å²) in [5.41, 5.74) is 9.28. The van der Waals surface area contributed by atoms with Gasteiger partial charge in [0, 0.05) is 79.1 Å². The number of anilines is 4. The molecular weight excluding hydrogens is 772 g/mol. The predicted octanol–water partition coefficient (Wildman–Crippen LogP) is 12.0. The van der Waals surface area contributed by atoms with Crippen LogP contribution in [0.3, 0.4) is 0 Å². The molecule has 0 atom stereocenters. The highest BCUT2D eigenvalue weighted by Crippen LogP contribution is 2.50. The van der Waals surface area contributed by atoms with Gasteiger partial charge in [-0.1, -0.05) is 71.0 Å². The van der Waals surface area contributed by atoms with Gasteiger partial charge in [0.1, 0.15) is 13.1 Å². The van der Waals surface area contributed by atoms with Gasteiger partial charge in [-0.05, 0) is 84.9 Å². The molecular formula is C46H48Cl2N6S2+2. The van der Waals surface area contributed by atoms with Crippen molar-refractivity contribution in [3.05, 3.63) is 143 Å². The molecule has 0 bridgehead atoms. The van der Waals surface area contributed by atoms with Crippen LogP contribution < -0.4 is 9.80 Å². The van der Waals surface area contributed by atoms with E-state index in [4.69, 9.17) is 33.2 Å². The van der Waals surface area contributed by atoms with Crippen molar-refractivity contribution in [2.75, 3.05) is 64.2 Å². The zero-order chi connectivity index (χ0) is 38.9. The van der Waals surface area contributed by atoms with E-state index in [2.05, 4.69) is 135 Å². The van der Waals surface area contributed by atoms with Gasteiger partial charge in [0.05, 0.1) is 75.4 Å². The van der Waals surface area contributed by atoms with E-state index in [1.807, 2.05) is 48.1 Å². The molecule has 2 aromatic heterocycles. The molecule has 8 rings (SSSR count). The Hall–Kier alpha value is -4.02. The highest BCUT2D eigenvalue weighted by molar-refractivity contribution is 8.00. The molecule has 2 aliphatic heterocycles. The molecule has 0 radical (unpaired) electrons. The van der Waals surface area contributed by atoms with Crippen molar-refractivity contribution >= 4 is 69.5 Å². The first kappa shape index (κ1) is 38.8. The second kappa shape index (κ2) is 16.5. The molecule has 0 spiro atoms.